The summed E-state index contributed by atoms with van der Waals surface area (Å²) in [5.74, 6) is -0.554. The second kappa shape index (κ2) is 7.11. The Morgan fingerprint density at radius 3 is 2.79 bits per heavy atom. The molecule has 7 nitrogen and oxygen atoms in total. The molecule has 0 aliphatic heterocycles. The fourth-order valence-corrected chi connectivity index (χ4v) is 3.18. The van der Waals surface area contributed by atoms with Crippen molar-refractivity contribution in [2.45, 2.75) is 13.5 Å². The van der Waals surface area contributed by atoms with Gasteiger partial charge in [0.1, 0.15) is 0 Å². The van der Waals surface area contributed by atoms with Gasteiger partial charge in [0.2, 0.25) is 5.43 Å². The van der Waals surface area contributed by atoms with Gasteiger partial charge in [-0.25, -0.2) is 0 Å². The summed E-state index contributed by atoms with van der Waals surface area (Å²) in [6, 6.07) is 15.2. The number of hydrogen-bond acceptors (Lipinski definition) is 4. The molecule has 7 heteroatoms. The van der Waals surface area contributed by atoms with Crippen LogP contribution in [0.1, 0.15) is 21.6 Å². The summed E-state index contributed by atoms with van der Waals surface area (Å²) in [5.41, 5.74) is 2.94. The van der Waals surface area contributed by atoms with Crippen LogP contribution in [0, 0.1) is 6.92 Å². The molecule has 0 saturated heterocycles. The van der Waals surface area contributed by atoms with Gasteiger partial charge in [0.25, 0.3) is 5.91 Å². The second-order valence-corrected chi connectivity index (χ2v) is 6.69. The summed E-state index contributed by atoms with van der Waals surface area (Å²) in [6.45, 7) is 2.63. The number of aryl methyl sites for hydroxylation is 2. The Bertz CT molecular complexity index is 1240. The Hall–Kier alpha value is -3.74. The standard InChI is InChI=1S/C21H19N5O2/c1-14-6-5-7-15(10-14)12-26-13-16(11-22-26)23-21(28)19-20(27)17-8-3-4-9-18(17)25(2)24-19/h3-11,13H,12H2,1-2H3,(H,23,28). The molecule has 28 heavy (non-hydrogen) atoms. The van der Waals surface area contributed by atoms with Crippen molar-refractivity contribution in [1.82, 2.24) is 19.6 Å². The number of amides is 1. The molecule has 4 rings (SSSR count). The van der Waals surface area contributed by atoms with Gasteiger partial charge < -0.3 is 5.32 Å². The lowest BCUT2D eigenvalue weighted by Gasteiger charge is -2.07. The number of nitrogens with one attached hydrogen (secondary N) is 1. The predicted octanol–water partition coefficient (Wildman–Crippen LogP) is 2.74. The molecule has 0 radical (unpaired) electrons. The summed E-state index contributed by atoms with van der Waals surface area (Å²) in [7, 11) is 1.71. The molecule has 0 aliphatic carbocycles. The maximum absolute atomic E-state index is 12.6. The molecule has 4 aromatic rings. The van der Waals surface area contributed by atoms with Gasteiger partial charge in [-0.2, -0.15) is 10.2 Å². The molecule has 0 bridgehead atoms. The first kappa shape index (κ1) is 17.7. The van der Waals surface area contributed by atoms with Gasteiger partial charge >= 0.3 is 0 Å². The zero-order chi connectivity index (χ0) is 19.7. The molecule has 140 valence electrons. The maximum atomic E-state index is 12.6. The zero-order valence-electron chi connectivity index (χ0n) is 15.6. The van der Waals surface area contributed by atoms with Crippen LogP contribution in [0.5, 0.6) is 0 Å². The van der Waals surface area contributed by atoms with Crippen LogP contribution in [0.3, 0.4) is 0 Å². The maximum Gasteiger partial charge on any atom is 0.280 e. The highest BCUT2D eigenvalue weighted by Gasteiger charge is 2.17. The molecule has 0 spiro atoms. The van der Waals surface area contributed by atoms with E-state index in [4.69, 9.17) is 0 Å². The summed E-state index contributed by atoms with van der Waals surface area (Å²) < 4.78 is 3.27. The van der Waals surface area contributed by atoms with Crippen molar-refractivity contribution >= 4 is 22.5 Å². The Morgan fingerprint density at radius 1 is 1.14 bits per heavy atom. The highest BCUT2D eigenvalue weighted by atomic mass is 16.2. The Balaban J connectivity index is 1.56. The molecular weight excluding hydrogens is 354 g/mol. The number of para-hydroxylation sites is 1. The number of nitrogens with zero attached hydrogens (tertiary/aromatic N) is 4. The predicted molar refractivity (Wildman–Crippen MR) is 107 cm³/mol. The van der Waals surface area contributed by atoms with E-state index in [0.29, 0.717) is 23.1 Å². The van der Waals surface area contributed by atoms with Crippen LogP contribution in [0.4, 0.5) is 5.69 Å². The summed E-state index contributed by atoms with van der Waals surface area (Å²) in [6.07, 6.45) is 3.28. The van der Waals surface area contributed by atoms with Crippen LogP contribution in [0.15, 0.2) is 65.7 Å². The Labute approximate surface area is 161 Å². The first-order valence-electron chi connectivity index (χ1n) is 8.86. The molecule has 2 aromatic carbocycles. The molecule has 1 amide bonds. The van der Waals surface area contributed by atoms with E-state index in [9.17, 15) is 9.59 Å². The van der Waals surface area contributed by atoms with E-state index in [1.54, 1.807) is 42.3 Å². The number of aromatic nitrogens is 4. The van der Waals surface area contributed by atoms with E-state index in [-0.39, 0.29) is 5.69 Å². The second-order valence-electron chi connectivity index (χ2n) is 6.69. The van der Waals surface area contributed by atoms with Gasteiger partial charge in [0.15, 0.2) is 5.69 Å². The monoisotopic (exact) mass is 373 g/mol. The summed E-state index contributed by atoms with van der Waals surface area (Å²) >= 11 is 0. The number of rotatable bonds is 4. The number of hydrogen-bond donors (Lipinski definition) is 1. The molecule has 0 saturated carbocycles. The largest absolute Gasteiger partial charge is 0.318 e. The van der Waals surface area contributed by atoms with Crippen LogP contribution in [-0.2, 0) is 13.6 Å². The number of carbonyl (C=O) groups is 1. The lowest BCUT2D eigenvalue weighted by Crippen LogP contribution is -2.26. The first-order chi connectivity index (χ1) is 13.5. The van der Waals surface area contributed by atoms with Gasteiger partial charge in [-0.3, -0.25) is 19.0 Å². The molecule has 0 fully saturated rings. The highest BCUT2D eigenvalue weighted by Crippen LogP contribution is 2.12. The van der Waals surface area contributed by atoms with E-state index in [1.807, 2.05) is 31.2 Å². The minimum absolute atomic E-state index is 0.146. The normalized spacial score (nSPS) is 10.9. The lowest BCUT2D eigenvalue weighted by molar-refractivity contribution is 0.101. The molecule has 0 atom stereocenters. The van der Waals surface area contributed by atoms with Crippen molar-refractivity contribution in [1.29, 1.82) is 0 Å². The Morgan fingerprint density at radius 2 is 1.96 bits per heavy atom. The van der Waals surface area contributed by atoms with Crippen molar-refractivity contribution in [3.63, 3.8) is 0 Å². The van der Waals surface area contributed by atoms with E-state index >= 15 is 0 Å². The molecule has 0 aliphatic rings. The fourth-order valence-electron chi connectivity index (χ4n) is 3.18. The van der Waals surface area contributed by atoms with Crippen molar-refractivity contribution in [3.05, 3.63) is 88.0 Å². The average molecular weight is 373 g/mol. The van der Waals surface area contributed by atoms with Crippen LogP contribution >= 0.6 is 0 Å². The molecule has 0 unspecified atom stereocenters. The van der Waals surface area contributed by atoms with E-state index in [0.717, 1.165) is 5.56 Å². The van der Waals surface area contributed by atoms with Crippen molar-refractivity contribution < 1.29 is 4.79 Å². The number of benzene rings is 2. The van der Waals surface area contributed by atoms with Gasteiger partial charge in [-0.05, 0) is 24.6 Å². The van der Waals surface area contributed by atoms with Gasteiger partial charge in [0, 0.05) is 18.6 Å². The topological polar surface area (TPSA) is 81.8 Å². The highest BCUT2D eigenvalue weighted by molar-refractivity contribution is 6.04. The third kappa shape index (κ3) is 3.42. The third-order valence-corrected chi connectivity index (χ3v) is 4.50. The quantitative estimate of drug-likeness (QED) is 0.596. The zero-order valence-corrected chi connectivity index (χ0v) is 15.6. The minimum atomic E-state index is -0.554. The number of anilines is 1. The first-order valence-corrected chi connectivity index (χ1v) is 8.86. The van der Waals surface area contributed by atoms with E-state index in [1.165, 1.54) is 10.2 Å². The van der Waals surface area contributed by atoms with E-state index in [2.05, 4.69) is 21.6 Å². The van der Waals surface area contributed by atoms with Gasteiger partial charge in [0.05, 0.1) is 23.9 Å². The fraction of sp³-hybridized carbons (Fsp3) is 0.143. The molecule has 1 N–H and O–H groups in total. The summed E-state index contributed by atoms with van der Waals surface area (Å²) in [5, 5.41) is 11.6. The average Bonchev–Trinajstić information content (AvgIpc) is 3.11. The SMILES string of the molecule is Cc1cccc(Cn2cc(NC(=O)c3nn(C)c4ccccc4c3=O)cn2)c1. The van der Waals surface area contributed by atoms with Gasteiger partial charge in [-0.15, -0.1) is 0 Å². The van der Waals surface area contributed by atoms with Crippen molar-refractivity contribution in [2.24, 2.45) is 7.05 Å². The lowest BCUT2D eigenvalue weighted by atomic mass is 10.1. The van der Waals surface area contributed by atoms with Crippen LogP contribution < -0.4 is 10.7 Å². The van der Waals surface area contributed by atoms with Crippen molar-refractivity contribution in [3.8, 4) is 0 Å². The number of fused-ring (bicyclic) bond motifs is 1. The van der Waals surface area contributed by atoms with Crippen LogP contribution in [0.2, 0.25) is 0 Å². The van der Waals surface area contributed by atoms with Crippen molar-refractivity contribution in [2.75, 3.05) is 5.32 Å². The third-order valence-electron chi connectivity index (χ3n) is 4.50. The number of carbonyl (C=O) groups excluding carboxylic acids is 1. The molecule has 2 heterocycles. The summed E-state index contributed by atoms with van der Waals surface area (Å²) in [4.78, 5) is 25.3. The molecule has 2 aromatic heterocycles. The van der Waals surface area contributed by atoms with Crippen LogP contribution in [-0.4, -0.2) is 25.5 Å². The van der Waals surface area contributed by atoms with E-state index < -0.39 is 11.3 Å². The van der Waals surface area contributed by atoms with Crippen LogP contribution in [0.25, 0.3) is 10.9 Å². The Kier molecular flexibility index (Phi) is 4.49. The minimum Gasteiger partial charge on any atom is -0.318 e. The smallest absolute Gasteiger partial charge is 0.280 e. The van der Waals surface area contributed by atoms with Gasteiger partial charge in [-0.1, -0.05) is 42.0 Å². The molecular formula is C21H19N5O2.